The smallest absolute Gasteiger partial charge is 0.192 e. The predicted molar refractivity (Wildman–Crippen MR) is 87.8 cm³/mol. The van der Waals surface area contributed by atoms with Crippen molar-refractivity contribution in [3.63, 3.8) is 0 Å². The summed E-state index contributed by atoms with van der Waals surface area (Å²) in [6.07, 6.45) is 0. The minimum atomic E-state index is -0.182. The van der Waals surface area contributed by atoms with Crippen LogP contribution in [0.5, 0.6) is 0 Å². The molecule has 0 atom stereocenters. The number of rotatable bonds is 3. The summed E-state index contributed by atoms with van der Waals surface area (Å²) < 4.78 is 1.83. The molecule has 0 bridgehead atoms. The molecule has 2 aromatic carbocycles. The monoisotopic (exact) mass is 394 g/mol. The molecule has 0 saturated heterocycles. The Labute approximate surface area is 134 Å². The molecular weight excluding hydrogens is 384 g/mol. The van der Waals surface area contributed by atoms with Gasteiger partial charge in [0.05, 0.1) is 0 Å². The molecule has 0 spiro atoms. The van der Waals surface area contributed by atoms with Crippen LogP contribution in [0.1, 0.15) is 22.8 Å². The first-order valence-electron chi connectivity index (χ1n) is 5.95. The van der Waals surface area contributed by atoms with Crippen LogP contribution in [-0.4, -0.2) is 10.9 Å². The third-order valence-corrected chi connectivity index (χ3v) is 3.98. The van der Waals surface area contributed by atoms with Crippen molar-refractivity contribution in [2.75, 3.05) is 0 Å². The third kappa shape index (κ3) is 3.38. The first kappa shape index (κ1) is 15.0. The Bertz CT molecular complexity index is 656. The molecule has 0 aromatic heterocycles. The Morgan fingerprint density at radius 3 is 1.70 bits per heavy atom. The number of aliphatic hydroxyl groups excluding tert-OH is 1. The van der Waals surface area contributed by atoms with E-state index in [-0.39, 0.29) is 11.5 Å². The number of halogens is 2. The molecule has 0 fully saturated rings. The zero-order valence-electron chi connectivity index (χ0n) is 10.7. The van der Waals surface area contributed by atoms with Crippen LogP contribution in [0.2, 0.25) is 0 Å². The fourth-order valence-electron chi connectivity index (χ4n) is 1.75. The summed E-state index contributed by atoms with van der Waals surface area (Å²) in [4.78, 5) is 12.3. The van der Waals surface area contributed by atoms with Crippen molar-refractivity contribution in [1.29, 1.82) is 0 Å². The Kier molecular flexibility index (Phi) is 4.78. The Morgan fingerprint density at radius 2 is 1.25 bits per heavy atom. The lowest BCUT2D eigenvalue weighted by Gasteiger charge is -2.06. The van der Waals surface area contributed by atoms with E-state index in [2.05, 4.69) is 31.9 Å². The lowest BCUT2D eigenvalue weighted by molar-refractivity contribution is 0.103. The summed E-state index contributed by atoms with van der Waals surface area (Å²) in [5.41, 5.74) is 1.50. The van der Waals surface area contributed by atoms with Crippen LogP contribution in [-0.2, 0) is 0 Å². The van der Waals surface area contributed by atoms with Gasteiger partial charge in [-0.25, -0.2) is 0 Å². The second-order valence-corrected chi connectivity index (χ2v) is 6.15. The lowest BCUT2D eigenvalue weighted by Crippen LogP contribution is -2.03. The molecule has 0 aliphatic carbocycles. The molecule has 0 unspecified atom stereocenters. The van der Waals surface area contributed by atoms with Gasteiger partial charge < -0.3 is 5.11 Å². The summed E-state index contributed by atoms with van der Waals surface area (Å²) in [5.74, 6) is -0.177. The molecular formula is C16H12Br2O2. The highest BCUT2D eigenvalue weighted by atomic mass is 79.9. The number of hydrogen-bond acceptors (Lipinski definition) is 2. The highest BCUT2D eigenvalue weighted by molar-refractivity contribution is 9.10. The highest BCUT2D eigenvalue weighted by Crippen LogP contribution is 2.22. The molecule has 0 heterocycles. The fourth-order valence-corrected chi connectivity index (χ4v) is 2.28. The SMILES string of the molecule is CC(C(=O)c1ccc(Br)cc1)=C(O)c1ccc(Br)cc1. The maximum atomic E-state index is 12.3. The first-order chi connectivity index (χ1) is 9.49. The molecule has 2 aromatic rings. The minimum Gasteiger partial charge on any atom is -0.507 e. The summed E-state index contributed by atoms with van der Waals surface area (Å²) >= 11 is 6.66. The quantitative estimate of drug-likeness (QED) is 0.430. The minimum absolute atomic E-state index is 0.00502. The number of ketones is 1. The number of hydrogen-bond donors (Lipinski definition) is 1. The van der Waals surface area contributed by atoms with E-state index in [0.717, 1.165) is 8.95 Å². The maximum Gasteiger partial charge on any atom is 0.192 e. The van der Waals surface area contributed by atoms with Crippen LogP contribution >= 0.6 is 31.9 Å². The molecule has 0 aliphatic rings. The molecule has 4 heteroatoms. The third-order valence-electron chi connectivity index (χ3n) is 2.92. The number of benzene rings is 2. The number of aliphatic hydroxyl groups is 1. The Morgan fingerprint density at radius 1 is 0.850 bits per heavy atom. The number of carbonyl (C=O) groups excluding carboxylic acids is 1. The Balaban J connectivity index is 2.35. The van der Waals surface area contributed by atoms with Gasteiger partial charge in [-0.2, -0.15) is 0 Å². The molecule has 1 N–H and O–H groups in total. The molecule has 102 valence electrons. The molecule has 0 aliphatic heterocycles. The summed E-state index contributed by atoms with van der Waals surface area (Å²) in [7, 11) is 0. The normalized spacial score (nSPS) is 11.9. The topological polar surface area (TPSA) is 37.3 Å². The van der Waals surface area contributed by atoms with Gasteiger partial charge in [0.15, 0.2) is 5.78 Å². The zero-order chi connectivity index (χ0) is 14.7. The second kappa shape index (κ2) is 6.37. The van der Waals surface area contributed by atoms with E-state index >= 15 is 0 Å². The van der Waals surface area contributed by atoms with E-state index in [1.165, 1.54) is 0 Å². The highest BCUT2D eigenvalue weighted by Gasteiger charge is 2.14. The molecule has 0 radical (unpaired) electrons. The van der Waals surface area contributed by atoms with Crippen molar-refractivity contribution in [1.82, 2.24) is 0 Å². The molecule has 20 heavy (non-hydrogen) atoms. The standard InChI is InChI=1S/C16H12Br2O2/c1-10(15(19)11-2-6-13(17)7-3-11)16(20)12-4-8-14(18)9-5-12/h2-9,19H,1H3. The molecule has 2 rings (SSSR count). The van der Waals surface area contributed by atoms with Crippen LogP contribution < -0.4 is 0 Å². The van der Waals surface area contributed by atoms with Gasteiger partial charge >= 0.3 is 0 Å². The number of allylic oxidation sites excluding steroid dienone is 1. The largest absolute Gasteiger partial charge is 0.507 e. The average molecular weight is 396 g/mol. The molecule has 2 nitrogen and oxygen atoms in total. The van der Waals surface area contributed by atoms with E-state index in [0.29, 0.717) is 16.7 Å². The summed E-state index contributed by atoms with van der Waals surface area (Å²) in [6.45, 7) is 1.63. The van der Waals surface area contributed by atoms with Crippen molar-refractivity contribution in [2.24, 2.45) is 0 Å². The number of carbonyl (C=O) groups is 1. The molecule has 0 saturated carbocycles. The predicted octanol–water partition coefficient (Wildman–Crippen LogP) is 5.38. The lowest BCUT2D eigenvalue weighted by atomic mass is 10.0. The van der Waals surface area contributed by atoms with E-state index in [4.69, 9.17) is 0 Å². The molecule has 0 amide bonds. The van der Waals surface area contributed by atoms with Crippen LogP contribution in [0.3, 0.4) is 0 Å². The fraction of sp³-hybridized carbons (Fsp3) is 0.0625. The van der Waals surface area contributed by atoms with Crippen LogP contribution in [0.25, 0.3) is 5.76 Å². The van der Waals surface area contributed by atoms with Crippen molar-refractivity contribution in [2.45, 2.75) is 6.92 Å². The maximum absolute atomic E-state index is 12.3. The van der Waals surface area contributed by atoms with Gasteiger partial charge in [-0.1, -0.05) is 44.0 Å². The first-order valence-corrected chi connectivity index (χ1v) is 7.53. The van der Waals surface area contributed by atoms with E-state index < -0.39 is 0 Å². The Hall–Kier alpha value is -1.39. The van der Waals surface area contributed by atoms with Crippen LogP contribution in [0.4, 0.5) is 0 Å². The van der Waals surface area contributed by atoms with Crippen molar-refractivity contribution in [3.8, 4) is 0 Å². The average Bonchev–Trinajstić information content (AvgIpc) is 2.46. The van der Waals surface area contributed by atoms with E-state index in [1.54, 1.807) is 43.3 Å². The summed E-state index contributed by atoms with van der Waals surface area (Å²) in [6, 6.07) is 14.2. The van der Waals surface area contributed by atoms with Gasteiger partial charge in [0.25, 0.3) is 0 Å². The van der Waals surface area contributed by atoms with E-state index in [1.807, 2.05) is 12.1 Å². The van der Waals surface area contributed by atoms with Gasteiger partial charge in [0, 0.05) is 25.6 Å². The second-order valence-electron chi connectivity index (χ2n) is 4.32. The van der Waals surface area contributed by atoms with E-state index in [9.17, 15) is 9.90 Å². The number of Topliss-reactive ketones (excluding diaryl/α,β-unsaturated/α-hetero) is 1. The van der Waals surface area contributed by atoms with Gasteiger partial charge in [-0.15, -0.1) is 0 Å². The van der Waals surface area contributed by atoms with Gasteiger partial charge in [-0.05, 0) is 43.3 Å². The van der Waals surface area contributed by atoms with Gasteiger partial charge in [0.1, 0.15) is 5.76 Å². The van der Waals surface area contributed by atoms with Gasteiger partial charge in [-0.3, -0.25) is 4.79 Å². The van der Waals surface area contributed by atoms with Crippen molar-refractivity contribution >= 4 is 43.4 Å². The van der Waals surface area contributed by atoms with Crippen LogP contribution in [0.15, 0.2) is 63.0 Å². The summed E-state index contributed by atoms with van der Waals surface area (Å²) in [5, 5.41) is 10.2. The van der Waals surface area contributed by atoms with Crippen LogP contribution in [0, 0.1) is 0 Å². The zero-order valence-corrected chi connectivity index (χ0v) is 13.9. The van der Waals surface area contributed by atoms with Gasteiger partial charge in [0.2, 0.25) is 0 Å². The van der Waals surface area contributed by atoms with Crippen molar-refractivity contribution < 1.29 is 9.90 Å². The van der Waals surface area contributed by atoms with Crippen molar-refractivity contribution in [3.05, 3.63) is 74.2 Å².